The van der Waals surface area contributed by atoms with Crippen LogP contribution in [0.25, 0.3) is 0 Å². The molecule has 1 aromatic carbocycles. The minimum Gasteiger partial charge on any atom is -0.488 e. The van der Waals surface area contributed by atoms with E-state index >= 15 is 0 Å². The second-order valence-corrected chi connectivity index (χ2v) is 12.3. The predicted molar refractivity (Wildman–Crippen MR) is 198 cm³/mol. The van der Waals surface area contributed by atoms with Gasteiger partial charge in [0.1, 0.15) is 0 Å². The molecule has 8 heteroatoms. The fourth-order valence-corrected chi connectivity index (χ4v) is 5.32. The summed E-state index contributed by atoms with van der Waals surface area (Å²) < 4.78 is 8.21. The Morgan fingerprint density at radius 2 is 1.18 bits per heavy atom. The molecule has 0 bridgehead atoms. The Kier molecular flexibility index (Phi) is 29.8. The molecular formula is C36H64Cl3N3O2. The molecule has 0 atom stereocenters. The number of aromatic nitrogens is 1. The van der Waals surface area contributed by atoms with Gasteiger partial charge in [-0.1, -0.05) is 134 Å². The molecular weight excluding hydrogens is 613 g/mol. The van der Waals surface area contributed by atoms with Crippen LogP contribution in [0.1, 0.15) is 121 Å². The molecule has 1 aromatic heterocycles. The van der Waals surface area contributed by atoms with Gasteiger partial charge in [-0.05, 0) is 33.1 Å². The van der Waals surface area contributed by atoms with Crippen LogP contribution in [0.3, 0.4) is 0 Å². The number of pyridine rings is 1. The summed E-state index contributed by atoms with van der Waals surface area (Å²) in [6, 6.07) is 12.2. The van der Waals surface area contributed by atoms with Gasteiger partial charge >= 0.3 is 0 Å². The van der Waals surface area contributed by atoms with Gasteiger partial charge in [-0.15, -0.1) is 37.2 Å². The van der Waals surface area contributed by atoms with Gasteiger partial charge in [0.15, 0.2) is 5.75 Å². The summed E-state index contributed by atoms with van der Waals surface area (Å²) in [7, 11) is 6.29. The van der Waals surface area contributed by atoms with Crippen LogP contribution < -0.4 is 10.2 Å². The molecule has 0 aliphatic heterocycles. The SMILES string of the molecule is CCCCCCCCCCCCCCCCCCOc1cn(Cc2ccccc2)c(CN(C)CCN(C)C)cc1=O.Cl.Cl.Cl. The molecule has 0 aliphatic rings. The van der Waals surface area contributed by atoms with Gasteiger partial charge in [0.05, 0.1) is 12.8 Å². The summed E-state index contributed by atoms with van der Waals surface area (Å²) >= 11 is 0. The van der Waals surface area contributed by atoms with Crippen LogP contribution in [-0.2, 0) is 13.1 Å². The first-order chi connectivity index (χ1) is 20.0. The maximum atomic E-state index is 12.9. The summed E-state index contributed by atoms with van der Waals surface area (Å²) in [5.74, 6) is 0.474. The molecule has 256 valence electrons. The largest absolute Gasteiger partial charge is 0.488 e. The molecule has 0 N–H and O–H groups in total. The Hall–Kier alpha value is -1.24. The Balaban J connectivity index is 0. The van der Waals surface area contributed by atoms with E-state index in [1.807, 2.05) is 12.3 Å². The van der Waals surface area contributed by atoms with Crippen molar-refractivity contribution in [2.75, 3.05) is 40.8 Å². The number of halogens is 3. The Labute approximate surface area is 288 Å². The molecule has 1 heterocycles. The second kappa shape index (κ2) is 29.2. The third-order valence-electron chi connectivity index (χ3n) is 7.99. The first kappa shape index (κ1) is 44.9. The Morgan fingerprint density at radius 1 is 0.682 bits per heavy atom. The van der Waals surface area contributed by atoms with E-state index in [4.69, 9.17) is 4.74 Å². The zero-order valence-electron chi connectivity index (χ0n) is 28.3. The van der Waals surface area contributed by atoms with E-state index in [1.54, 1.807) is 6.07 Å². The molecule has 44 heavy (non-hydrogen) atoms. The topological polar surface area (TPSA) is 37.7 Å². The minimum atomic E-state index is -0.0122. The Morgan fingerprint density at radius 3 is 1.68 bits per heavy atom. The molecule has 0 unspecified atom stereocenters. The van der Waals surface area contributed by atoms with Crippen molar-refractivity contribution in [3.8, 4) is 5.75 Å². The van der Waals surface area contributed by atoms with Crippen LogP contribution in [0.2, 0.25) is 0 Å². The number of nitrogens with zero attached hydrogens (tertiary/aromatic N) is 3. The van der Waals surface area contributed by atoms with Crippen molar-refractivity contribution in [1.82, 2.24) is 14.4 Å². The fraction of sp³-hybridized carbons (Fsp3) is 0.694. The van der Waals surface area contributed by atoms with Crippen molar-refractivity contribution in [3.63, 3.8) is 0 Å². The van der Waals surface area contributed by atoms with E-state index in [2.05, 4.69) is 66.7 Å². The zero-order valence-corrected chi connectivity index (χ0v) is 30.7. The smallest absolute Gasteiger partial charge is 0.223 e. The number of benzene rings is 1. The first-order valence-corrected chi connectivity index (χ1v) is 16.7. The maximum Gasteiger partial charge on any atom is 0.223 e. The lowest BCUT2D eigenvalue weighted by Gasteiger charge is -2.22. The molecule has 0 saturated carbocycles. The number of rotatable bonds is 25. The van der Waals surface area contributed by atoms with Crippen molar-refractivity contribution >= 4 is 37.2 Å². The highest BCUT2D eigenvalue weighted by molar-refractivity contribution is 5.86. The average Bonchev–Trinajstić information content (AvgIpc) is 2.96. The highest BCUT2D eigenvalue weighted by Gasteiger charge is 2.11. The molecule has 2 aromatic rings. The lowest BCUT2D eigenvalue weighted by Crippen LogP contribution is -2.30. The van der Waals surface area contributed by atoms with Gasteiger partial charge in [-0.3, -0.25) is 9.69 Å². The number of likely N-dealkylation sites (N-methyl/N-ethyl adjacent to an activating group) is 2. The van der Waals surface area contributed by atoms with E-state index in [-0.39, 0.29) is 42.6 Å². The van der Waals surface area contributed by atoms with E-state index in [0.29, 0.717) is 12.4 Å². The Bertz CT molecular complexity index is 973. The maximum absolute atomic E-state index is 12.9. The third-order valence-corrected chi connectivity index (χ3v) is 7.99. The van der Waals surface area contributed by atoms with E-state index in [0.717, 1.165) is 38.3 Å². The van der Waals surface area contributed by atoms with Crippen LogP contribution in [0.4, 0.5) is 0 Å². The first-order valence-electron chi connectivity index (χ1n) is 16.7. The van der Waals surface area contributed by atoms with E-state index in [1.165, 1.54) is 102 Å². The quantitative estimate of drug-likeness (QED) is 0.0982. The number of hydrogen-bond donors (Lipinski definition) is 0. The monoisotopic (exact) mass is 675 g/mol. The van der Waals surface area contributed by atoms with Crippen molar-refractivity contribution in [3.05, 3.63) is 64.1 Å². The molecule has 0 saturated heterocycles. The fourth-order valence-electron chi connectivity index (χ4n) is 5.32. The molecule has 2 rings (SSSR count). The van der Waals surface area contributed by atoms with Crippen LogP contribution >= 0.6 is 37.2 Å². The van der Waals surface area contributed by atoms with Gasteiger partial charge in [-0.2, -0.15) is 0 Å². The molecule has 0 aliphatic carbocycles. The summed E-state index contributed by atoms with van der Waals surface area (Å²) in [4.78, 5) is 17.4. The van der Waals surface area contributed by atoms with E-state index < -0.39 is 0 Å². The number of unbranched alkanes of at least 4 members (excludes halogenated alkanes) is 15. The summed E-state index contributed by atoms with van der Waals surface area (Å²) in [5.41, 5.74) is 2.23. The summed E-state index contributed by atoms with van der Waals surface area (Å²) in [6.07, 6.45) is 23.6. The van der Waals surface area contributed by atoms with Crippen LogP contribution in [0.15, 0.2) is 47.4 Å². The number of hydrogen-bond acceptors (Lipinski definition) is 4. The normalized spacial score (nSPS) is 10.8. The van der Waals surface area contributed by atoms with Crippen molar-refractivity contribution in [2.24, 2.45) is 0 Å². The lowest BCUT2D eigenvalue weighted by atomic mass is 10.0. The highest BCUT2D eigenvalue weighted by Crippen LogP contribution is 2.15. The van der Waals surface area contributed by atoms with Gasteiger partial charge in [0.2, 0.25) is 5.43 Å². The average molecular weight is 677 g/mol. The van der Waals surface area contributed by atoms with Crippen LogP contribution in [-0.4, -0.2) is 55.2 Å². The van der Waals surface area contributed by atoms with Crippen molar-refractivity contribution in [2.45, 2.75) is 123 Å². The molecule has 0 spiro atoms. The van der Waals surface area contributed by atoms with Gasteiger partial charge in [0.25, 0.3) is 0 Å². The molecule has 5 nitrogen and oxygen atoms in total. The highest BCUT2D eigenvalue weighted by atomic mass is 35.5. The second-order valence-electron chi connectivity index (χ2n) is 12.3. The number of ether oxygens (including phenoxy) is 1. The van der Waals surface area contributed by atoms with Crippen LogP contribution in [0, 0.1) is 0 Å². The minimum absolute atomic E-state index is 0. The van der Waals surface area contributed by atoms with Gasteiger partial charge < -0.3 is 14.2 Å². The van der Waals surface area contributed by atoms with E-state index in [9.17, 15) is 4.79 Å². The zero-order chi connectivity index (χ0) is 29.5. The lowest BCUT2D eigenvalue weighted by molar-refractivity contribution is 0.269. The van der Waals surface area contributed by atoms with Gasteiger partial charge in [0, 0.05) is 37.9 Å². The van der Waals surface area contributed by atoms with Crippen LogP contribution in [0.5, 0.6) is 5.75 Å². The summed E-state index contributed by atoms with van der Waals surface area (Å²) in [5, 5.41) is 0. The molecule has 0 amide bonds. The molecule has 0 radical (unpaired) electrons. The standard InChI is InChI=1S/C36H61N3O2.3ClH/c1-5-6-7-8-9-10-11-12-13-14-15-16-17-18-19-23-28-41-36-32-39(30-33-24-21-20-22-25-33)34(29-35(36)40)31-38(4)27-26-37(2)3;;;/h20-22,24-25,29,32H,5-19,23,26-28,30-31H2,1-4H3;3*1H. The molecule has 0 fully saturated rings. The summed E-state index contributed by atoms with van der Waals surface area (Å²) in [6.45, 7) is 6.29. The predicted octanol–water partition coefficient (Wildman–Crippen LogP) is 9.80. The van der Waals surface area contributed by atoms with Crippen molar-refractivity contribution in [1.29, 1.82) is 0 Å². The van der Waals surface area contributed by atoms with Gasteiger partial charge in [-0.25, -0.2) is 0 Å². The van der Waals surface area contributed by atoms with Crippen molar-refractivity contribution < 1.29 is 4.74 Å². The third kappa shape index (κ3) is 21.5.